The smallest absolute Gasteiger partial charge is 0.261 e. The van der Waals surface area contributed by atoms with E-state index in [0.29, 0.717) is 18.8 Å². The largest absolute Gasteiger partial charge is 0.337 e. The number of rotatable bonds is 3. The molecule has 21 heavy (non-hydrogen) atoms. The van der Waals surface area contributed by atoms with E-state index in [2.05, 4.69) is 0 Å². The molecule has 1 saturated heterocycles. The van der Waals surface area contributed by atoms with Crippen LogP contribution in [0.5, 0.6) is 0 Å². The number of ether oxygens (including phenoxy) is 2. The quantitative estimate of drug-likeness (QED) is 0.810. The summed E-state index contributed by atoms with van der Waals surface area (Å²) in [5.74, 6) is -1.45. The highest BCUT2D eigenvalue weighted by Gasteiger charge is 2.46. The van der Waals surface area contributed by atoms with Crippen LogP contribution in [-0.2, 0) is 15.3 Å². The fourth-order valence-corrected chi connectivity index (χ4v) is 2.51. The van der Waals surface area contributed by atoms with Crippen LogP contribution in [0.4, 0.5) is 0 Å². The summed E-state index contributed by atoms with van der Waals surface area (Å²) in [5, 5.41) is 0. The molecular weight excluding hydrogens is 264 g/mol. The Kier molecular flexibility index (Phi) is 3.62. The molecule has 0 unspecified atom stereocenters. The summed E-state index contributed by atoms with van der Waals surface area (Å²) >= 11 is 0. The maximum atomic E-state index is 12.9. The highest BCUT2D eigenvalue weighted by Crippen LogP contribution is 2.35. The average molecular weight is 282 g/mol. The van der Waals surface area contributed by atoms with Crippen molar-refractivity contribution in [3.63, 3.8) is 0 Å². The first-order chi connectivity index (χ1) is 10.1. The van der Waals surface area contributed by atoms with Crippen LogP contribution in [0.1, 0.15) is 27.0 Å². The van der Waals surface area contributed by atoms with Crippen LogP contribution in [0.2, 0.25) is 0 Å². The molecule has 1 aliphatic heterocycles. The van der Waals surface area contributed by atoms with Crippen molar-refractivity contribution in [1.29, 1.82) is 0 Å². The van der Waals surface area contributed by atoms with Crippen LogP contribution < -0.4 is 0 Å². The van der Waals surface area contributed by atoms with Gasteiger partial charge in [0.25, 0.3) is 5.79 Å². The van der Waals surface area contributed by atoms with Gasteiger partial charge in [-0.3, -0.25) is 4.79 Å². The highest BCUT2D eigenvalue weighted by molar-refractivity contribution is 6.02. The topological polar surface area (TPSA) is 35.5 Å². The second-order valence-corrected chi connectivity index (χ2v) is 5.37. The first-order valence-electron chi connectivity index (χ1n) is 7.08. The van der Waals surface area contributed by atoms with E-state index in [1.54, 1.807) is 0 Å². The third-order valence-electron chi connectivity index (χ3n) is 3.74. The Balaban J connectivity index is 2.02. The molecule has 3 rings (SSSR count). The molecular formula is C18H18O3. The van der Waals surface area contributed by atoms with Crippen molar-refractivity contribution < 1.29 is 14.3 Å². The number of Topliss-reactive ketones (excluding diaryl/α,β-unsaturated/α-hetero) is 1. The van der Waals surface area contributed by atoms with Gasteiger partial charge in [-0.25, -0.2) is 0 Å². The molecule has 0 bridgehead atoms. The summed E-state index contributed by atoms with van der Waals surface area (Å²) in [7, 11) is 0. The van der Waals surface area contributed by atoms with Crippen LogP contribution in [-0.4, -0.2) is 19.0 Å². The Bertz CT molecular complexity index is 635. The summed E-state index contributed by atoms with van der Waals surface area (Å²) in [4.78, 5) is 12.9. The molecule has 2 aromatic carbocycles. The lowest BCUT2D eigenvalue weighted by atomic mass is 9.95. The van der Waals surface area contributed by atoms with Gasteiger partial charge in [0.15, 0.2) is 0 Å². The van der Waals surface area contributed by atoms with Crippen LogP contribution in [0.3, 0.4) is 0 Å². The molecule has 0 aliphatic carbocycles. The third kappa shape index (κ3) is 2.50. The first kappa shape index (κ1) is 14.0. The van der Waals surface area contributed by atoms with Crippen LogP contribution in [0.25, 0.3) is 0 Å². The van der Waals surface area contributed by atoms with E-state index in [1.807, 2.05) is 62.4 Å². The second kappa shape index (κ2) is 5.43. The van der Waals surface area contributed by atoms with E-state index in [4.69, 9.17) is 9.47 Å². The first-order valence-corrected chi connectivity index (χ1v) is 7.08. The van der Waals surface area contributed by atoms with Crippen molar-refractivity contribution in [2.45, 2.75) is 19.6 Å². The van der Waals surface area contributed by atoms with Gasteiger partial charge in [-0.05, 0) is 13.8 Å². The number of carbonyl (C=O) groups excluding carboxylic acids is 1. The molecule has 3 nitrogen and oxygen atoms in total. The fourth-order valence-electron chi connectivity index (χ4n) is 2.51. The Labute approximate surface area is 124 Å². The molecule has 3 heteroatoms. The summed E-state index contributed by atoms with van der Waals surface area (Å²) in [6, 6.07) is 15.2. The summed E-state index contributed by atoms with van der Waals surface area (Å²) in [5.41, 5.74) is 3.60. The maximum absolute atomic E-state index is 12.9. The Hall–Kier alpha value is -1.97. The van der Waals surface area contributed by atoms with E-state index < -0.39 is 5.79 Å². The normalized spacial score (nSPS) is 16.9. The van der Waals surface area contributed by atoms with E-state index >= 15 is 0 Å². The van der Waals surface area contributed by atoms with Crippen molar-refractivity contribution in [3.8, 4) is 0 Å². The van der Waals surface area contributed by atoms with Gasteiger partial charge in [-0.2, -0.15) is 0 Å². The van der Waals surface area contributed by atoms with E-state index in [1.165, 1.54) is 0 Å². The van der Waals surface area contributed by atoms with Gasteiger partial charge in [0.1, 0.15) is 0 Å². The Morgan fingerprint density at radius 3 is 1.86 bits per heavy atom. The predicted molar refractivity (Wildman–Crippen MR) is 80.3 cm³/mol. The second-order valence-electron chi connectivity index (χ2n) is 5.37. The molecule has 0 aromatic heterocycles. The molecule has 0 N–H and O–H groups in total. The van der Waals surface area contributed by atoms with Gasteiger partial charge in [-0.15, -0.1) is 0 Å². The van der Waals surface area contributed by atoms with E-state index in [9.17, 15) is 4.79 Å². The number of ketones is 1. The molecule has 0 radical (unpaired) electrons. The molecule has 0 atom stereocenters. The van der Waals surface area contributed by atoms with Crippen LogP contribution >= 0.6 is 0 Å². The van der Waals surface area contributed by atoms with Crippen LogP contribution in [0.15, 0.2) is 48.5 Å². The van der Waals surface area contributed by atoms with Gasteiger partial charge >= 0.3 is 0 Å². The molecule has 1 fully saturated rings. The monoisotopic (exact) mass is 282 g/mol. The zero-order valence-corrected chi connectivity index (χ0v) is 12.3. The Morgan fingerprint density at radius 1 is 0.857 bits per heavy atom. The standard InChI is InChI=1S/C18H18O3/c1-13-3-7-15(8-4-13)17(19)18(20-11-12-21-18)16-9-5-14(2)6-10-16/h3-10H,11-12H2,1-2H3. The molecule has 0 spiro atoms. The molecule has 1 aliphatic rings. The molecule has 0 saturated carbocycles. The van der Waals surface area contributed by atoms with Crippen molar-refractivity contribution >= 4 is 5.78 Å². The zero-order chi connectivity index (χ0) is 14.9. The molecule has 1 heterocycles. The summed E-state index contributed by atoms with van der Waals surface area (Å²) in [6.07, 6.45) is 0. The average Bonchev–Trinajstić information content (AvgIpc) is 2.99. The number of benzene rings is 2. The number of hydrogen-bond acceptors (Lipinski definition) is 3. The zero-order valence-electron chi connectivity index (χ0n) is 12.3. The van der Waals surface area contributed by atoms with Crippen molar-refractivity contribution in [2.24, 2.45) is 0 Å². The van der Waals surface area contributed by atoms with Crippen molar-refractivity contribution in [2.75, 3.05) is 13.2 Å². The van der Waals surface area contributed by atoms with Gasteiger partial charge in [0, 0.05) is 11.1 Å². The van der Waals surface area contributed by atoms with E-state index in [-0.39, 0.29) is 5.78 Å². The number of aryl methyl sites for hydroxylation is 2. The maximum Gasteiger partial charge on any atom is 0.261 e. The van der Waals surface area contributed by atoms with Gasteiger partial charge in [0.05, 0.1) is 13.2 Å². The minimum Gasteiger partial charge on any atom is -0.337 e. The summed E-state index contributed by atoms with van der Waals surface area (Å²) < 4.78 is 11.5. The minimum atomic E-state index is -1.30. The molecule has 2 aromatic rings. The van der Waals surface area contributed by atoms with Crippen LogP contribution in [0, 0.1) is 13.8 Å². The SMILES string of the molecule is Cc1ccc(C(=O)C2(c3ccc(C)cc3)OCCO2)cc1. The molecule has 0 amide bonds. The predicted octanol–water partition coefficient (Wildman–Crippen LogP) is 3.39. The van der Waals surface area contributed by atoms with Gasteiger partial charge < -0.3 is 9.47 Å². The van der Waals surface area contributed by atoms with Gasteiger partial charge in [-0.1, -0.05) is 59.7 Å². The summed E-state index contributed by atoms with van der Waals surface area (Å²) in [6.45, 7) is 4.85. The van der Waals surface area contributed by atoms with Gasteiger partial charge in [0.2, 0.25) is 5.78 Å². The Morgan fingerprint density at radius 2 is 1.33 bits per heavy atom. The number of hydrogen-bond donors (Lipinski definition) is 0. The van der Waals surface area contributed by atoms with Crippen molar-refractivity contribution in [3.05, 3.63) is 70.8 Å². The third-order valence-corrected chi connectivity index (χ3v) is 3.74. The lowest BCUT2D eigenvalue weighted by Gasteiger charge is -2.26. The molecule has 108 valence electrons. The lowest BCUT2D eigenvalue weighted by Crippen LogP contribution is -2.37. The van der Waals surface area contributed by atoms with E-state index in [0.717, 1.165) is 16.7 Å². The highest BCUT2D eigenvalue weighted by atomic mass is 16.7. The number of carbonyl (C=O) groups is 1. The fraction of sp³-hybridized carbons (Fsp3) is 0.278. The van der Waals surface area contributed by atoms with Crippen molar-refractivity contribution in [1.82, 2.24) is 0 Å². The lowest BCUT2D eigenvalue weighted by molar-refractivity contribution is -0.126. The minimum absolute atomic E-state index is 0.149.